The minimum atomic E-state index is -0.185. The SMILES string of the molecule is COCCCOC(=O)CCOC1CCNCC1. The molecule has 100 valence electrons. The van der Waals surface area contributed by atoms with Gasteiger partial charge in [0.05, 0.1) is 25.7 Å². The van der Waals surface area contributed by atoms with Crippen molar-refractivity contribution in [2.45, 2.75) is 31.8 Å². The second-order valence-corrected chi connectivity index (χ2v) is 4.14. The van der Waals surface area contributed by atoms with Crippen molar-refractivity contribution in [1.82, 2.24) is 5.32 Å². The molecular weight excluding hydrogens is 222 g/mol. The Morgan fingerprint density at radius 3 is 2.71 bits per heavy atom. The van der Waals surface area contributed by atoms with Crippen LogP contribution in [0.5, 0.6) is 0 Å². The third-order valence-electron chi connectivity index (χ3n) is 2.70. The first-order chi connectivity index (χ1) is 8.33. The van der Waals surface area contributed by atoms with E-state index in [0.717, 1.165) is 32.4 Å². The van der Waals surface area contributed by atoms with Gasteiger partial charge in [-0.15, -0.1) is 0 Å². The van der Waals surface area contributed by atoms with Crippen LogP contribution in [0.3, 0.4) is 0 Å². The highest BCUT2D eigenvalue weighted by molar-refractivity contribution is 5.69. The third-order valence-corrected chi connectivity index (χ3v) is 2.70. The van der Waals surface area contributed by atoms with Crippen LogP contribution < -0.4 is 5.32 Å². The van der Waals surface area contributed by atoms with Crippen LogP contribution in [0.1, 0.15) is 25.7 Å². The number of esters is 1. The van der Waals surface area contributed by atoms with Gasteiger partial charge in [0.2, 0.25) is 0 Å². The van der Waals surface area contributed by atoms with E-state index in [1.807, 2.05) is 0 Å². The molecule has 0 saturated carbocycles. The zero-order valence-electron chi connectivity index (χ0n) is 10.6. The molecule has 0 radical (unpaired) electrons. The predicted molar refractivity (Wildman–Crippen MR) is 63.9 cm³/mol. The van der Waals surface area contributed by atoms with Gasteiger partial charge in [0.1, 0.15) is 0 Å². The van der Waals surface area contributed by atoms with Crippen LogP contribution in [0.25, 0.3) is 0 Å². The van der Waals surface area contributed by atoms with Gasteiger partial charge in [-0.1, -0.05) is 0 Å². The molecule has 5 heteroatoms. The quantitative estimate of drug-likeness (QED) is 0.504. The van der Waals surface area contributed by atoms with Crippen LogP contribution in [-0.4, -0.2) is 52.1 Å². The minimum absolute atomic E-state index is 0.185. The summed E-state index contributed by atoms with van der Waals surface area (Å²) in [5, 5.41) is 3.27. The summed E-state index contributed by atoms with van der Waals surface area (Å²) >= 11 is 0. The van der Waals surface area contributed by atoms with Crippen molar-refractivity contribution in [3.05, 3.63) is 0 Å². The molecule has 0 unspecified atom stereocenters. The van der Waals surface area contributed by atoms with Crippen molar-refractivity contribution in [1.29, 1.82) is 0 Å². The summed E-state index contributed by atoms with van der Waals surface area (Å²) in [4.78, 5) is 11.3. The molecule has 0 bridgehead atoms. The number of nitrogens with one attached hydrogen (secondary N) is 1. The Balaban J connectivity index is 1.92. The average Bonchev–Trinajstić information content (AvgIpc) is 2.36. The maximum absolute atomic E-state index is 11.3. The highest BCUT2D eigenvalue weighted by Crippen LogP contribution is 2.07. The molecule has 1 aliphatic rings. The molecule has 0 atom stereocenters. The second-order valence-electron chi connectivity index (χ2n) is 4.14. The van der Waals surface area contributed by atoms with E-state index in [1.165, 1.54) is 0 Å². The molecule has 0 amide bonds. The lowest BCUT2D eigenvalue weighted by Crippen LogP contribution is -2.32. The molecule has 1 aliphatic heterocycles. The molecule has 1 rings (SSSR count). The summed E-state index contributed by atoms with van der Waals surface area (Å²) in [5.41, 5.74) is 0. The van der Waals surface area contributed by atoms with Crippen LogP contribution in [-0.2, 0) is 19.0 Å². The van der Waals surface area contributed by atoms with Crippen molar-refractivity contribution in [2.75, 3.05) is 40.0 Å². The summed E-state index contributed by atoms with van der Waals surface area (Å²) in [6, 6.07) is 0. The summed E-state index contributed by atoms with van der Waals surface area (Å²) in [5.74, 6) is -0.185. The van der Waals surface area contributed by atoms with Gasteiger partial charge >= 0.3 is 5.97 Å². The first-order valence-corrected chi connectivity index (χ1v) is 6.30. The molecule has 0 spiro atoms. The molecule has 0 aromatic heterocycles. The lowest BCUT2D eigenvalue weighted by Gasteiger charge is -2.22. The van der Waals surface area contributed by atoms with Gasteiger partial charge < -0.3 is 19.5 Å². The number of rotatable bonds is 8. The number of ether oxygens (including phenoxy) is 3. The molecule has 1 fully saturated rings. The van der Waals surface area contributed by atoms with Crippen LogP contribution in [0, 0.1) is 0 Å². The van der Waals surface area contributed by atoms with Crippen molar-refractivity contribution in [3.63, 3.8) is 0 Å². The first-order valence-electron chi connectivity index (χ1n) is 6.30. The Morgan fingerprint density at radius 1 is 1.24 bits per heavy atom. The van der Waals surface area contributed by atoms with E-state index >= 15 is 0 Å². The fraction of sp³-hybridized carbons (Fsp3) is 0.917. The van der Waals surface area contributed by atoms with Gasteiger partial charge in [-0.05, 0) is 25.9 Å². The number of hydrogen-bond acceptors (Lipinski definition) is 5. The monoisotopic (exact) mass is 245 g/mol. The van der Waals surface area contributed by atoms with Crippen molar-refractivity contribution in [3.8, 4) is 0 Å². The van der Waals surface area contributed by atoms with E-state index in [-0.39, 0.29) is 5.97 Å². The van der Waals surface area contributed by atoms with E-state index in [9.17, 15) is 4.79 Å². The first kappa shape index (κ1) is 14.4. The van der Waals surface area contributed by atoms with Crippen molar-refractivity contribution >= 4 is 5.97 Å². The van der Waals surface area contributed by atoms with Gasteiger partial charge in [0.25, 0.3) is 0 Å². The van der Waals surface area contributed by atoms with E-state index in [4.69, 9.17) is 14.2 Å². The van der Waals surface area contributed by atoms with Crippen LogP contribution in [0.2, 0.25) is 0 Å². The fourth-order valence-corrected chi connectivity index (χ4v) is 1.73. The average molecular weight is 245 g/mol. The Hall–Kier alpha value is -0.650. The number of hydrogen-bond donors (Lipinski definition) is 1. The third kappa shape index (κ3) is 7.31. The molecule has 0 aromatic rings. The molecule has 0 aromatic carbocycles. The topological polar surface area (TPSA) is 56.8 Å². The Bertz CT molecular complexity index is 205. The molecular formula is C12H23NO4. The smallest absolute Gasteiger partial charge is 0.308 e. The van der Waals surface area contributed by atoms with Gasteiger partial charge in [0.15, 0.2) is 0 Å². The number of piperidine rings is 1. The zero-order chi connectivity index (χ0) is 12.3. The van der Waals surface area contributed by atoms with Gasteiger partial charge in [0, 0.05) is 20.1 Å². The lowest BCUT2D eigenvalue weighted by atomic mass is 10.1. The molecule has 1 saturated heterocycles. The van der Waals surface area contributed by atoms with E-state index in [1.54, 1.807) is 7.11 Å². The second kappa shape index (κ2) is 9.39. The van der Waals surface area contributed by atoms with Gasteiger partial charge in [-0.3, -0.25) is 4.79 Å². The maximum Gasteiger partial charge on any atom is 0.308 e. The highest BCUT2D eigenvalue weighted by atomic mass is 16.5. The highest BCUT2D eigenvalue weighted by Gasteiger charge is 2.13. The number of methoxy groups -OCH3 is 1. The molecule has 1 heterocycles. The van der Waals surface area contributed by atoms with Crippen LogP contribution >= 0.6 is 0 Å². The van der Waals surface area contributed by atoms with Crippen LogP contribution in [0.4, 0.5) is 0 Å². The van der Waals surface area contributed by atoms with Gasteiger partial charge in [-0.25, -0.2) is 0 Å². The summed E-state index contributed by atoms with van der Waals surface area (Å²) in [6.45, 7) is 3.53. The van der Waals surface area contributed by atoms with Crippen molar-refractivity contribution < 1.29 is 19.0 Å². The number of carbonyl (C=O) groups excluding carboxylic acids is 1. The van der Waals surface area contributed by atoms with E-state index in [2.05, 4.69) is 5.32 Å². The predicted octanol–water partition coefficient (Wildman–Crippen LogP) is 0.725. The fourth-order valence-electron chi connectivity index (χ4n) is 1.73. The van der Waals surface area contributed by atoms with Crippen molar-refractivity contribution in [2.24, 2.45) is 0 Å². The summed E-state index contributed by atoms with van der Waals surface area (Å²) < 4.78 is 15.5. The molecule has 17 heavy (non-hydrogen) atoms. The lowest BCUT2D eigenvalue weighted by molar-refractivity contribution is -0.145. The standard InChI is InChI=1S/C12H23NO4/c1-15-8-2-9-17-12(14)5-10-16-11-3-6-13-7-4-11/h11,13H,2-10H2,1H3. The zero-order valence-corrected chi connectivity index (χ0v) is 10.6. The summed E-state index contributed by atoms with van der Waals surface area (Å²) in [7, 11) is 1.63. The summed E-state index contributed by atoms with van der Waals surface area (Å²) in [6.07, 6.45) is 3.46. The molecule has 5 nitrogen and oxygen atoms in total. The maximum atomic E-state index is 11.3. The Labute approximate surface area is 103 Å². The molecule has 0 aliphatic carbocycles. The van der Waals surface area contributed by atoms with Crippen LogP contribution in [0.15, 0.2) is 0 Å². The van der Waals surface area contributed by atoms with Gasteiger partial charge in [-0.2, -0.15) is 0 Å². The Kier molecular flexibility index (Phi) is 7.96. The largest absolute Gasteiger partial charge is 0.466 e. The van der Waals surface area contributed by atoms with E-state index < -0.39 is 0 Å². The normalized spacial score (nSPS) is 17.0. The number of carbonyl (C=O) groups is 1. The Morgan fingerprint density at radius 2 is 2.00 bits per heavy atom. The van der Waals surface area contributed by atoms with E-state index in [0.29, 0.717) is 32.3 Å². The molecule has 1 N–H and O–H groups in total. The minimum Gasteiger partial charge on any atom is -0.466 e.